The van der Waals surface area contributed by atoms with Gasteiger partial charge in [-0.15, -0.1) is 0 Å². The van der Waals surface area contributed by atoms with Gasteiger partial charge in [-0.25, -0.2) is 0 Å². The van der Waals surface area contributed by atoms with Gasteiger partial charge >= 0.3 is 0 Å². The van der Waals surface area contributed by atoms with Crippen LogP contribution in [0.3, 0.4) is 0 Å². The lowest BCUT2D eigenvalue weighted by Crippen LogP contribution is -2.27. The van der Waals surface area contributed by atoms with Crippen LogP contribution in [0.2, 0.25) is 0 Å². The van der Waals surface area contributed by atoms with Crippen molar-refractivity contribution in [3.8, 4) is 0 Å². The van der Waals surface area contributed by atoms with Gasteiger partial charge < -0.3 is 0 Å². The highest BCUT2D eigenvalue weighted by Gasteiger charge is 2.33. The summed E-state index contributed by atoms with van der Waals surface area (Å²) in [5.74, 6) is 0. The fourth-order valence-electron chi connectivity index (χ4n) is 2.59. The van der Waals surface area contributed by atoms with Crippen molar-refractivity contribution in [1.29, 1.82) is 0 Å². The second kappa shape index (κ2) is 3.16. The van der Waals surface area contributed by atoms with Crippen LogP contribution in [0.1, 0.15) is 51.4 Å². The quantitative estimate of drug-likeness (QED) is 0.495. The van der Waals surface area contributed by atoms with E-state index in [-0.39, 0.29) is 0 Å². The lowest BCUT2D eigenvalue weighted by Gasteiger charge is -2.39. The Labute approximate surface area is 70.4 Å². The highest BCUT2D eigenvalue weighted by Crippen LogP contribution is 2.45. The highest BCUT2D eigenvalue weighted by atomic mass is 14.4. The second-order valence-corrected chi connectivity index (χ2v) is 4.13. The summed E-state index contributed by atoms with van der Waals surface area (Å²) >= 11 is 0. The molecule has 0 saturated heterocycles. The monoisotopic (exact) mass is 150 g/mol. The van der Waals surface area contributed by atoms with Crippen molar-refractivity contribution in [3.05, 3.63) is 12.8 Å². The van der Waals surface area contributed by atoms with Crippen molar-refractivity contribution in [1.82, 2.24) is 0 Å². The van der Waals surface area contributed by atoms with Crippen LogP contribution in [0.5, 0.6) is 0 Å². The summed E-state index contributed by atoms with van der Waals surface area (Å²) < 4.78 is 0. The van der Waals surface area contributed by atoms with Gasteiger partial charge in [0.1, 0.15) is 0 Å². The van der Waals surface area contributed by atoms with Crippen LogP contribution in [-0.4, -0.2) is 0 Å². The largest absolute Gasteiger partial charge is 0.0530 e. The van der Waals surface area contributed by atoms with Crippen LogP contribution in [0.25, 0.3) is 0 Å². The van der Waals surface area contributed by atoms with Crippen LogP contribution in [-0.2, 0) is 0 Å². The van der Waals surface area contributed by atoms with E-state index in [1.54, 1.807) is 0 Å². The molecule has 0 aliphatic heterocycles. The standard InChI is InChI=1S/C11H18/c1-3-7-11(8-4-1)9-5-2-6-10-11/h7,9H,1-6,8,10H2. The molecule has 2 rings (SSSR count). The van der Waals surface area contributed by atoms with Crippen LogP contribution < -0.4 is 0 Å². The Bertz CT molecular complexity index is 94.5. The van der Waals surface area contributed by atoms with Gasteiger partial charge in [0, 0.05) is 0 Å². The molecule has 2 radical (unpaired) electrons. The maximum Gasteiger partial charge on any atom is -0.0235 e. The SMILES string of the molecule is [CH]1CCCCC12[CH]CCCC2. The Kier molecular flexibility index (Phi) is 2.20. The van der Waals surface area contributed by atoms with Gasteiger partial charge in [0.15, 0.2) is 0 Å². The first-order chi connectivity index (χ1) is 5.41. The van der Waals surface area contributed by atoms with Gasteiger partial charge in [-0.3, -0.25) is 0 Å². The van der Waals surface area contributed by atoms with Crippen molar-refractivity contribution in [2.45, 2.75) is 51.4 Å². The van der Waals surface area contributed by atoms with Gasteiger partial charge in [0.25, 0.3) is 0 Å². The molecule has 0 amide bonds. The van der Waals surface area contributed by atoms with Crippen molar-refractivity contribution < 1.29 is 0 Å². The van der Waals surface area contributed by atoms with E-state index >= 15 is 0 Å². The van der Waals surface area contributed by atoms with Crippen LogP contribution in [0.4, 0.5) is 0 Å². The smallest absolute Gasteiger partial charge is 0.0235 e. The Morgan fingerprint density at radius 1 is 0.727 bits per heavy atom. The summed E-state index contributed by atoms with van der Waals surface area (Å²) in [6, 6.07) is 0. The average Bonchev–Trinajstić information content (AvgIpc) is 2.07. The maximum absolute atomic E-state index is 2.59. The lowest BCUT2D eigenvalue weighted by molar-refractivity contribution is 0.250. The molecule has 11 heavy (non-hydrogen) atoms. The summed E-state index contributed by atoms with van der Waals surface area (Å²) in [4.78, 5) is 0. The van der Waals surface area contributed by atoms with Gasteiger partial charge in [0.05, 0.1) is 0 Å². The molecule has 0 nitrogen and oxygen atoms in total. The zero-order chi connectivity index (χ0) is 7.57. The summed E-state index contributed by atoms with van der Waals surface area (Å²) in [6.45, 7) is 0. The molecule has 0 atom stereocenters. The van der Waals surface area contributed by atoms with Crippen molar-refractivity contribution >= 4 is 0 Å². The summed E-state index contributed by atoms with van der Waals surface area (Å²) in [6.07, 6.45) is 16.6. The van der Waals surface area contributed by atoms with E-state index in [2.05, 4.69) is 12.8 Å². The van der Waals surface area contributed by atoms with Crippen LogP contribution >= 0.6 is 0 Å². The van der Waals surface area contributed by atoms with Crippen LogP contribution in [0, 0.1) is 18.3 Å². The summed E-state index contributed by atoms with van der Waals surface area (Å²) in [5.41, 5.74) is 0.608. The minimum absolute atomic E-state index is 0.608. The normalized spacial score (nSPS) is 30.5. The Morgan fingerprint density at radius 3 is 1.64 bits per heavy atom. The van der Waals surface area contributed by atoms with Crippen molar-refractivity contribution in [2.24, 2.45) is 5.41 Å². The third kappa shape index (κ3) is 1.60. The topological polar surface area (TPSA) is 0 Å². The minimum Gasteiger partial charge on any atom is -0.0530 e. The molecular formula is C11H18. The van der Waals surface area contributed by atoms with E-state index in [4.69, 9.17) is 0 Å². The zero-order valence-electron chi connectivity index (χ0n) is 7.31. The molecule has 2 aliphatic rings. The van der Waals surface area contributed by atoms with E-state index in [1.165, 1.54) is 51.4 Å². The number of hydrogen-bond acceptors (Lipinski definition) is 0. The third-order valence-corrected chi connectivity index (χ3v) is 3.29. The first kappa shape index (κ1) is 7.64. The van der Waals surface area contributed by atoms with Gasteiger partial charge in [-0.05, 0) is 43.9 Å². The highest BCUT2D eigenvalue weighted by molar-refractivity contribution is 5.05. The molecular weight excluding hydrogens is 132 g/mol. The first-order valence-electron chi connectivity index (χ1n) is 5.10. The minimum atomic E-state index is 0.608. The maximum atomic E-state index is 2.59. The molecule has 0 N–H and O–H groups in total. The number of rotatable bonds is 0. The van der Waals surface area contributed by atoms with Gasteiger partial charge in [-0.1, -0.05) is 25.7 Å². The predicted octanol–water partition coefficient (Wildman–Crippen LogP) is 3.53. The van der Waals surface area contributed by atoms with Gasteiger partial charge in [-0.2, -0.15) is 0 Å². The first-order valence-corrected chi connectivity index (χ1v) is 5.10. The zero-order valence-corrected chi connectivity index (χ0v) is 7.31. The van der Waals surface area contributed by atoms with E-state index < -0.39 is 0 Å². The van der Waals surface area contributed by atoms with E-state index in [1.807, 2.05) is 0 Å². The fourth-order valence-corrected chi connectivity index (χ4v) is 2.59. The number of hydrogen-bond donors (Lipinski definition) is 0. The molecule has 2 fully saturated rings. The molecule has 62 valence electrons. The van der Waals surface area contributed by atoms with E-state index in [0.717, 1.165) is 0 Å². The van der Waals surface area contributed by atoms with E-state index in [9.17, 15) is 0 Å². The lowest BCUT2D eigenvalue weighted by atomic mass is 9.65. The molecule has 0 unspecified atom stereocenters. The molecule has 0 heteroatoms. The Morgan fingerprint density at radius 2 is 1.27 bits per heavy atom. The Hall–Kier alpha value is 0. The predicted molar refractivity (Wildman–Crippen MR) is 48.0 cm³/mol. The van der Waals surface area contributed by atoms with Gasteiger partial charge in [0.2, 0.25) is 0 Å². The van der Waals surface area contributed by atoms with E-state index in [0.29, 0.717) is 5.41 Å². The molecule has 1 spiro atoms. The molecule has 0 aromatic heterocycles. The molecule has 2 aliphatic carbocycles. The Balaban J connectivity index is 1.94. The summed E-state index contributed by atoms with van der Waals surface area (Å²) in [5, 5.41) is 0. The summed E-state index contributed by atoms with van der Waals surface area (Å²) in [7, 11) is 0. The van der Waals surface area contributed by atoms with Crippen molar-refractivity contribution in [3.63, 3.8) is 0 Å². The average molecular weight is 150 g/mol. The molecule has 0 aromatic carbocycles. The second-order valence-electron chi connectivity index (χ2n) is 4.13. The molecule has 0 aromatic rings. The molecule has 0 heterocycles. The third-order valence-electron chi connectivity index (χ3n) is 3.29. The fraction of sp³-hybridized carbons (Fsp3) is 0.818. The van der Waals surface area contributed by atoms with Crippen LogP contribution in [0.15, 0.2) is 0 Å². The van der Waals surface area contributed by atoms with Crippen molar-refractivity contribution in [2.75, 3.05) is 0 Å². The molecule has 2 saturated carbocycles. The molecule has 0 bridgehead atoms.